The molecule has 4 rings (SSSR count). The summed E-state index contributed by atoms with van der Waals surface area (Å²) in [5.74, 6) is -3.34. The molecule has 4 aromatic rings. The van der Waals surface area contributed by atoms with Gasteiger partial charge in [-0.15, -0.1) is 0 Å². The number of hydrogen-bond acceptors (Lipinski definition) is 17. The Morgan fingerprint density at radius 1 is 0.862 bits per heavy atom. The van der Waals surface area contributed by atoms with Crippen LogP contribution in [-0.4, -0.2) is 107 Å². The van der Waals surface area contributed by atoms with E-state index in [0.29, 0.717) is 42.9 Å². The van der Waals surface area contributed by atoms with Gasteiger partial charge in [0.15, 0.2) is 17.0 Å². The number of nitrogen functional groups attached to an aromatic ring is 2. The number of carbonyl (C=O) groups is 7. The normalized spacial score (nSPS) is 12.5. The molecule has 0 unspecified atom stereocenters. The fourth-order valence-corrected chi connectivity index (χ4v) is 6.20. The van der Waals surface area contributed by atoms with E-state index in [-0.39, 0.29) is 58.6 Å². The van der Waals surface area contributed by atoms with Gasteiger partial charge in [-0.3, -0.25) is 19.2 Å². The zero-order valence-electron chi connectivity index (χ0n) is 37.5. The van der Waals surface area contributed by atoms with Gasteiger partial charge < -0.3 is 57.2 Å². The van der Waals surface area contributed by atoms with Gasteiger partial charge in [-0.2, -0.15) is 9.97 Å². The Bertz CT molecular complexity index is 2370. The molecule has 9 N–H and O–H groups in total. The van der Waals surface area contributed by atoms with E-state index >= 15 is 0 Å². The highest BCUT2D eigenvalue weighted by atomic mass is 16.6. The fourth-order valence-electron chi connectivity index (χ4n) is 6.20. The largest absolute Gasteiger partial charge is 0.467 e. The van der Waals surface area contributed by atoms with E-state index in [1.807, 2.05) is 0 Å². The molecule has 0 spiro atoms. The molecule has 22 heteroatoms. The number of nitrogens with two attached hydrogens (primary N) is 2. The number of rotatable bonds is 20. The quantitative estimate of drug-likeness (QED) is 0.0290. The summed E-state index contributed by atoms with van der Waals surface area (Å²) in [6.45, 7) is 10.4. The number of methoxy groups -OCH3 is 2. The minimum Gasteiger partial charge on any atom is -0.467 e. The molecule has 0 saturated heterocycles. The second-order valence-electron chi connectivity index (χ2n) is 16.1. The molecule has 65 heavy (non-hydrogen) atoms. The first kappa shape index (κ1) is 50.0. The monoisotopic (exact) mass is 900 g/mol. The van der Waals surface area contributed by atoms with Crippen molar-refractivity contribution in [2.24, 2.45) is 5.92 Å². The van der Waals surface area contributed by atoms with Gasteiger partial charge in [-0.25, -0.2) is 24.4 Å². The standard InChI is InChI=1S/C43H56N12O10/c1-23(2)32(52-42(62)65-43(4,5)6)38(59)48-24(3)36(57)50-26-14-17-30(29(19-26)39(60)63-7)46-18-10-9-11-31(40(61)64-8)51-37(58)25-12-15-28(16-13-25)55(22-56)21-27-20-47-35-33(49-27)34(44)53-41(45)54-35/h12-17,19-20,22-24,31-32,46H,9-11,18,21H2,1-8H3,(H,48,59)(H,50,57)(H,51,58)(H,52,62)(H4,44,45,47,53,54)/t24-,31-,32-/m0/s1. The molecule has 348 valence electrons. The highest BCUT2D eigenvalue weighted by Gasteiger charge is 2.29. The zero-order chi connectivity index (χ0) is 48.0. The Labute approximate surface area is 375 Å². The Kier molecular flexibility index (Phi) is 17.4. The van der Waals surface area contributed by atoms with Crippen LogP contribution in [0, 0.1) is 5.92 Å². The molecule has 3 atom stereocenters. The summed E-state index contributed by atoms with van der Waals surface area (Å²) in [4.78, 5) is 107. The minimum absolute atomic E-state index is 0.0231. The smallest absolute Gasteiger partial charge is 0.408 e. The van der Waals surface area contributed by atoms with Gasteiger partial charge in [0.05, 0.1) is 38.2 Å². The summed E-state index contributed by atoms with van der Waals surface area (Å²) < 4.78 is 15.2. The van der Waals surface area contributed by atoms with Crippen LogP contribution >= 0.6 is 0 Å². The van der Waals surface area contributed by atoms with Crippen molar-refractivity contribution in [3.8, 4) is 0 Å². The lowest BCUT2D eigenvalue weighted by Gasteiger charge is -2.26. The number of benzene rings is 2. The van der Waals surface area contributed by atoms with Crippen molar-refractivity contribution in [1.82, 2.24) is 35.9 Å². The third-order valence-corrected chi connectivity index (χ3v) is 9.51. The molecular formula is C43H56N12O10. The van der Waals surface area contributed by atoms with Crippen LogP contribution in [0.4, 0.5) is 33.6 Å². The highest BCUT2D eigenvalue weighted by Crippen LogP contribution is 2.23. The number of nitrogens with one attached hydrogen (secondary N) is 5. The summed E-state index contributed by atoms with van der Waals surface area (Å²) in [6.07, 6.45) is 2.46. The van der Waals surface area contributed by atoms with Crippen LogP contribution in [0.25, 0.3) is 11.2 Å². The van der Waals surface area contributed by atoms with Crippen LogP contribution in [-0.2, 0) is 39.9 Å². The van der Waals surface area contributed by atoms with E-state index in [1.165, 1.54) is 50.4 Å². The number of ether oxygens (including phenoxy) is 3. The maximum absolute atomic E-state index is 13.2. The van der Waals surface area contributed by atoms with Crippen molar-refractivity contribution in [2.75, 3.05) is 47.8 Å². The van der Waals surface area contributed by atoms with Crippen molar-refractivity contribution in [3.05, 3.63) is 65.5 Å². The Morgan fingerprint density at radius 2 is 1.57 bits per heavy atom. The second-order valence-corrected chi connectivity index (χ2v) is 16.1. The summed E-state index contributed by atoms with van der Waals surface area (Å²) in [7, 11) is 2.43. The van der Waals surface area contributed by atoms with E-state index in [1.54, 1.807) is 58.9 Å². The maximum atomic E-state index is 13.2. The predicted octanol–water partition coefficient (Wildman–Crippen LogP) is 3.08. The molecule has 2 aromatic carbocycles. The van der Waals surface area contributed by atoms with Crippen molar-refractivity contribution in [1.29, 1.82) is 0 Å². The molecule has 2 heterocycles. The lowest BCUT2D eigenvalue weighted by molar-refractivity contribution is -0.143. The number of unbranched alkanes of at least 4 members (excludes halogenated alkanes) is 1. The number of anilines is 5. The average molecular weight is 901 g/mol. The van der Waals surface area contributed by atoms with Gasteiger partial charge in [0.25, 0.3) is 5.91 Å². The van der Waals surface area contributed by atoms with Crippen LogP contribution in [0.1, 0.15) is 87.2 Å². The van der Waals surface area contributed by atoms with Crippen molar-refractivity contribution < 1.29 is 47.8 Å². The van der Waals surface area contributed by atoms with Crippen LogP contribution in [0.3, 0.4) is 0 Å². The molecule has 0 bridgehead atoms. The molecule has 5 amide bonds. The van der Waals surface area contributed by atoms with Crippen LogP contribution in [0.2, 0.25) is 0 Å². The first-order chi connectivity index (χ1) is 30.7. The molecule has 0 fully saturated rings. The molecule has 0 aliphatic heterocycles. The van der Waals surface area contributed by atoms with Crippen LogP contribution in [0.15, 0.2) is 48.7 Å². The van der Waals surface area contributed by atoms with Gasteiger partial charge in [0.1, 0.15) is 23.7 Å². The predicted molar refractivity (Wildman–Crippen MR) is 240 cm³/mol. The van der Waals surface area contributed by atoms with E-state index in [9.17, 15) is 33.6 Å². The Balaban J connectivity index is 1.30. The molecule has 0 aliphatic carbocycles. The maximum Gasteiger partial charge on any atom is 0.408 e. The molecule has 0 aliphatic rings. The van der Waals surface area contributed by atoms with Crippen LogP contribution in [0.5, 0.6) is 0 Å². The third kappa shape index (κ3) is 14.4. The number of nitrogens with zero attached hydrogens (tertiary/aromatic N) is 5. The van der Waals surface area contributed by atoms with Gasteiger partial charge >= 0.3 is 18.0 Å². The molecule has 2 aromatic heterocycles. The van der Waals surface area contributed by atoms with Crippen molar-refractivity contribution >= 4 is 82.2 Å². The van der Waals surface area contributed by atoms with Gasteiger partial charge in [0, 0.05) is 29.2 Å². The summed E-state index contributed by atoms with van der Waals surface area (Å²) in [6, 6.07) is 7.75. The third-order valence-electron chi connectivity index (χ3n) is 9.51. The molecule has 22 nitrogen and oxygen atoms in total. The van der Waals surface area contributed by atoms with Gasteiger partial charge in [-0.05, 0) is 95.3 Å². The zero-order valence-corrected chi connectivity index (χ0v) is 37.5. The minimum atomic E-state index is -1.02. The Hall–Kier alpha value is -7.65. The summed E-state index contributed by atoms with van der Waals surface area (Å²) >= 11 is 0. The summed E-state index contributed by atoms with van der Waals surface area (Å²) in [5.41, 5.74) is 13.1. The van der Waals surface area contributed by atoms with E-state index < -0.39 is 59.5 Å². The first-order valence-electron chi connectivity index (χ1n) is 20.6. The number of alkyl carbamates (subject to hydrolysis) is 1. The molecular weight excluding hydrogens is 845 g/mol. The van der Waals surface area contributed by atoms with Crippen molar-refractivity contribution in [2.45, 2.75) is 91.1 Å². The number of carbonyl (C=O) groups excluding carboxylic acids is 7. The number of fused-ring (bicyclic) bond motifs is 1. The highest BCUT2D eigenvalue weighted by molar-refractivity contribution is 6.01. The topological polar surface area (TPSA) is 314 Å². The lowest BCUT2D eigenvalue weighted by atomic mass is 10.0. The van der Waals surface area contributed by atoms with E-state index in [2.05, 4.69) is 46.5 Å². The lowest BCUT2D eigenvalue weighted by Crippen LogP contribution is -2.54. The number of esters is 2. The van der Waals surface area contributed by atoms with E-state index in [0.717, 1.165) is 0 Å². The number of hydrogen-bond donors (Lipinski definition) is 7. The SMILES string of the molecule is COC(=O)c1cc(NC(=O)[C@H](C)NC(=O)[C@@H](NC(=O)OC(C)(C)C)C(C)C)ccc1NCCCC[C@H](NC(=O)c1ccc(N(C=O)Cc2cnc3nc(N)nc(N)c3n2)cc1)C(=O)OC. The number of aromatic nitrogens is 4. The fraction of sp³-hybridized carbons (Fsp3) is 0.419. The first-order valence-corrected chi connectivity index (χ1v) is 20.6. The summed E-state index contributed by atoms with van der Waals surface area (Å²) in [5, 5.41) is 13.7. The van der Waals surface area contributed by atoms with Gasteiger partial charge in [0.2, 0.25) is 24.2 Å². The van der Waals surface area contributed by atoms with Crippen molar-refractivity contribution in [3.63, 3.8) is 0 Å². The van der Waals surface area contributed by atoms with E-state index in [4.69, 9.17) is 25.7 Å². The molecule has 0 radical (unpaired) electrons. The van der Waals surface area contributed by atoms with Crippen LogP contribution < -0.4 is 43.0 Å². The average Bonchev–Trinajstić information content (AvgIpc) is 3.25. The second kappa shape index (κ2) is 22.6. The Morgan fingerprint density at radius 3 is 2.20 bits per heavy atom. The van der Waals surface area contributed by atoms with Gasteiger partial charge in [-0.1, -0.05) is 13.8 Å². The molecule has 0 saturated carbocycles. The number of amides is 5.